The number of hydrogen-bond acceptors (Lipinski definition) is 3. The van der Waals surface area contributed by atoms with Crippen molar-refractivity contribution in [2.24, 2.45) is 4.99 Å². The molecule has 28 heavy (non-hydrogen) atoms. The van der Waals surface area contributed by atoms with Crippen molar-refractivity contribution < 1.29 is 0 Å². The summed E-state index contributed by atoms with van der Waals surface area (Å²) in [6, 6.07) is 10.5. The van der Waals surface area contributed by atoms with E-state index >= 15 is 0 Å². The quantitative estimate of drug-likeness (QED) is 0.333. The average Bonchev–Trinajstić information content (AvgIpc) is 3.28. The van der Waals surface area contributed by atoms with Crippen LogP contribution in [0.25, 0.3) is 0 Å². The molecule has 1 unspecified atom stereocenters. The zero-order valence-electron chi connectivity index (χ0n) is 17.1. The molecule has 2 N–H and O–H groups in total. The van der Waals surface area contributed by atoms with E-state index in [1.54, 1.807) is 0 Å². The molecule has 1 aromatic heterocycles. The third kappa shape index (κ3) is 6.40. The Morgan fingerprint density at radius 1 is 1.25 bits per heavy atom. The number of rotatable bonds is 7. The number of thioether (sulfide) groups is 1. The number of aryl methyl sites for hydroxylation is 1. The molecule has 2 heterocycles. The van der Waals surface area contributed by atoms with Gasteiger partial charge in [0, 0.05) is 29.6 Å². The molecule has 0 bridgehead atoms. The van der Waals surface area contributed by atoms with E-state index in [9.17, 15) is 0 Å². The van der Waals surface area contributed by atoms with Crippen LogP contribution >= 0.6 is 35.7 Å². The Morgan fingerprint density at radius 3 is 2.71 bits per heavy atom. The largest absolute Gasteiger partial charge is 0.357 e. The van der Waals surface area contributed by atoms with Gasteiger partial charge in [0.25, 0.3) is 0 Å². The lowest BCUT2D eigenvalue weighted by Gasteiger charge is -2.14. The molecule has 1 fully saturated rings. The molecule has 0 aliphatic carbocycles. The number of guanidine groups is 1. The van der Waals surface area contributed by atoms with Crippen LogP contribution in [0.2, 0.25) is 0 Å². The third-order valence-electron chi connectivity index (χ3n) is 4.97. The van der Waals surface area contributed by atoms with Crippen LogP contribution in [0.1, 0.15) is 42.3 Å². The fourth-order valence-electron chi connectivity index (χ4n) is 3.39. The lowest BCUT2D eigenvalue weighted by atomic mass is 10.2. The summed E-state index contributed by atoms with van der Waals surface area (Å²) in [7, 11) is 0. The number of aliphatic imine (C=N–C) groups is 1. The molecular formula is C21H32IN5S. The topological polar surface area (TPSA) is 54.2 Å². The Labute approximate surface area is 190 Å². The van der Waals surface area contributed by atoms with Crippen LogP contribution < -0.4 is 10.6 Å². The second kappa shape index (κ2) is 11.7. The first-order valence-corrected chi connectivity index (χ1v) is 10.9. The first-order chi connectivity index (χ1) is 13.2. The number of benzene rings is 1. The summed E-state index contributed by atoms with van der Waals surface area (Å²) in [4.78, 5) is 4.82. The smallest absolute Gasteiger partial charge is 0.191 e. The molecule has 3 rings (SSSR count). The van der Waals surface area contributed by atoms with Crippen LogP contribution in [0.5, 0.6) is 0 Å². The van der Waals surface area contributed by atoms with Crippen LogP contribution in [0.3, 0.4) is 0 Å². The van der Waals surface area contributed by atoms with E-state index in [4.69, 9.17) is 10.1 Å². The van der Waals surface area contributed by atoms with Gasteiger partial charge in [-0.2, -0.15) is 16.9 Å². The minimum Gasteiger partial charge on any atom is -0.357 e. The number of aromatic nitrogens is 2. The van der Waals surface area contributed by atoms with Crippen molar-refractivity contribution in [1.82, 2.24) is 20.4 Å². The monoisotopic (exact) mass is 513 g/mol. The zero-order valence-corrected chi connectivity index (χ0v) is 20.2. The molecule has 1 atom stereocenters. The van der Waals surface area contributed by atoms with Crippen molar-refractivity contribution in [2.75, 3.05) is 18.8 Å². The Bertz CT molecular complexity index is 754. The highest BCUT2D eigenvalue weighted by Gasteiger charge is 2.16. The van der Waals surface area contributed by atoms with Crippen molar-refractivity contribution in [2.45, 2.75) is 52.0 Å². The lowest BCUT2D eigenvalue weighted by molar-refractivity contribution is 0.658. The number of nitrogens with one attached hydrogen (secondary N) is 2. The van der Waals surface area contributed by atoms with Gasteiger partial charge in [0.15, 0.2) is 5.96 Å². The van der Waals surface area contributed by atoms with Gasteiger partial charge in [-0.05, 0) is 44.9 Å². The van der Waals surface area contributed by atoms with Gasteiger partial charge in [-0.1, -0.05) is 30.3 Å². The van der Waals surface area contributed by atoms with Gasteiger partial charge < -0.3 is 10.6 Å². The summed E-state index contributed by atoms with van der Waals surface area (Å²) >= 11 is 2.07. The number of halogens is 1. The minimum absolute atomic E-state index is 0. The van der Waals surface area contributed by atoms with E-state index < -0.39 is 0 Å². The van der Waals surface area contributed by atoms with Gasteiger partial charge >= 0.3 is 0 Å². The molecule has 7 heteroatoms. The van der Waals surface area contributed by atoms with E-state index in [1.165, 1.54) is 35.4 Å². The molecular weight excluding hydrogens is 481 g/mol. The van der Waals surface area contributed by atoms with Gasteiger partial charge in [0.1, 0.15) is 0 Å². The molecule has 2 aromatic rings. The first-order valence-electron chi connectivity index (χ1n) is 9.88. The van der Waals surface area contributed by atoms with Crippen LogP contribution in [-0.2, 0) is 13.1 Å². The van der Waals surface area contributed by atoms with Crippen molar-refractivity contribution in [3.63, 3.8) is 0 Å². The molecule has 154 valence electrons. The third-order valence-corrected chi connectivity index (χ3v) is 6.37. The highest BCUT2D eigenvalue weighted by atomic mass is 127. The van der Waals surface area contributed by atoms with Crippen molar-refractivity contribution in [3.05, 3.63) is 52.8 Å². The molecule has 1 aliphatic heterocycles. The summed E-state index contributed by atoms with van der Waals surface area (Å²) in [5, 5.41) is 12.3. The summed E-state index contributed by atoms with van der Waals surface area (Å²) in [6.07, 6.45) is 2.64. The molecule has 0 amide bonds. The Morgan fingerprint density at radius 2 is 2.04 bits per heavy atom. The summed E-state index contributed by atoms with van der Waals surface area (Å²) < 4.78 is 2.09. The minimum atomic E-state index is 0. The Balaban J connectivity index is 0.00000280. The fourth-order valence-corrected chi connectivity index (χ4v) is 4.59. The Hall–Kier alpha value is -1.22. The number of nitrogens with zero attached hydrogens (tertiary/aromatic N) is 3. The van der Waals surface area contributed by atoms with E-state index in [-0.39, 0.29) is 24.0 Å². The van der Waals surface area contributed by atoms with Crippen LogP contribution in [-0.4, -0.2) is 39.8 Å². The van der Waals surface area contributed by atoms with Gasteiger partial charge in [-0.15, -0.1) is 24.0 Å². The maximum absolute atomic E-state index is 4.82. The second-order valence-corrected chi connectivity index (χ2v) is 8.41. The van der Waals surface area contributed by atoms with Gasteiger partial charge in [-0.3, -0.25) is 4.68 Å². The predicted molar refractivity (Wildman–Crippen MR) is 131 cm³/mol. The predicted octanol–water partition coefficient (Wildman–Crippen LogP) is 4.12. The first kappa shape index (κ1) is 23.1. The maximum Gasteiger partial charge on any atom is 0.191 e. The molecule has 0 spiro atoms. The van der Waals surface area contributed by atoms with Crippen molar-refractivity contribution in [1.29, 1.82) is 0 Å². The summed E-state index contributed by atoms with van der Waals surface area (Å²) in [5.74, 6) is 2.19. The van der Waals surface area contributed by atoms with Crippen LogP contribution in [0.15, 0.2) is 35.3 Å². The van der Waals surface area contributed by atoms with Gasteiger partial charge in [0.05, 0.1) is 18.8 Å². The standard InChI is InChI=1S/C21H31N5S.HI/c1-4-22-21(23-13-19-11-8-12-27-19)24-14-20-16(2)25-26(17(20)3)15-18-9-6-5-7-10-18;/h5-7,9-10,19H,4,8,11-15H2,1-3H3,(H2,22,23,24);1H. The zero-order chi connectivity index (χ0) is 19.1. The average molecular weight is 513 g/mol. The van der Waals surface area contributed by atoms with Crippen LogP contribution in [0, 0.1) is 13.8 Å². The van der Waals surface area contributed by atoms with Crippen LogP contribution in [0.4, 0.5) is 0 Å². The second-order valence-electron chi connectivity index (χ2n) is 7.00. The molecule has 5 nitrogen and oxygen atoms in total. The highest BCUT2D eigenvalue weighted by Crippen LogP contribution is 2.25. The molecule has 1 aromatic carbocycles. The molecule has 1 saturated heterocycles. The lowest BCUT2D eigenvalue weighted by Crippen LogP contribution is -2.40. The van der Waals surface area contributed by atoms with E-state index in [0.29, 0.717) is 11.8 Å². The SMILES string of the molecule is CCNC(=NCc1c(C)nn(Cc2ccccc2)c1C)NCC1CCCS1.I. The molecule has 1 aliphatic rings. The van der Waals surface area contributed by atoms with E-state index in [2.05, 4.69) is 72.1 Å². The summed E-state index contributed by atoms with van der Waals surface area (Å²) in [6.45, 7) is 9.64. The van der Waals surface area contributed by atoms with Crippen molar-refractivity contribution in [3.8, 4) is 0 Å². The van der Waals surface area contributed by atoms with E-state index in [0.717, 1.165) is 31.3 Å². The number of hydrogen-bond donors (Lipinski definition) is 2. The Kier molecular flexibility index (Phi) is 9.64. The molecule has 0 saturated carbocycles. The van der Waals surface area contributed by atoms with Gasteiger partial charge in [0.2, 0.25) is 0 Å². The van der Waals surface area contributed by atoms with Gasteiger partial charge in [-0.25, -0.2) is 4.99 Å². The normalized spacial score (nSPS) is 16.7. The molecule has 0 radical (unpaired) electrons. The maximum atomic E-state index is 4.82. The fraction of sp³-hybridized carbons (Fsp3) is 0.524. The summed E-state index contributed by atoms with van der Waals surface area (Å²) in [5.41, 5.74) is 4.75. The van der Waals surface area contributed by atoms with Crippen molar-refractivity contribution >= 4 is 41.7 Å². The van der Waals surface area contributed by atoms with E-state index in [1.807, 2.05) is 6.07 Å². The highest BCUT2D eigenvalue weighted by molar-refractivity contribution is 14.0.